The van der Waals surface area contributed by atoms with Gasteiger partial charge in [-0.15, -0.1) is 0 Å². The maximum absolute atomic E-state index is 12.8. The third-order valence-electron chi connectivity index (χ3n) is 2.96. The molecule has 0 N–H and O–H groups in total. The van der Waals surface area contributed by atoms with Gasteiger partial charge >= 0.3 is 5.97 Å². The van der Waals surface area contributed by atoms with Crippen LogP contribution in [-0.2, 0) is 14.3 Å². The van der Waals surface area contributed by atoms with Crippen molar-refractivity contribution in [3.63, 3.8) is 0 Å². The summed E-state index contributed by atoms with van der Waals surface area (Å²) in [5, 5.41) is -0.146. The van der Waals surface area contributed by atoms with Crippen LogP contribution >= 0.6 is 27.7 Å². The van der Waals surface area contributed by atoms with E-state index in [-0.39, 0.29) is 22.8 Å². The van der Waals surface area contributed by atoms with Gasteiger partial charge < -0.3 is 4.74 Å². The summed E-state index contributed by atoms with van der Waals surface area (Å²) >= 11 is 4.25. The topological polar surface area (TPSA) is 60.4 Å². The number of hydrogen-bond donors (Lipinski definition) is 0. The highest BCUT2D eigenvalue weighted by atomic mass is 79.9. The van der Waals surface area contributed by atoms with E-state index in [1.165, 1.54) is 13.8 Å². The Morgan fingerprint density at radius 3 is 2.23 bits per heavy atom. The molecule has 0 aliphatic carbocycles. The van der Waals surface area contributed by atoms with Gasteiger partial charge in [-0.3, -0.25) is 14.4 Å². The molecule has 0 heterocycles. The lowest BCUT2D eigenvalue weighted by atomic mass is 9.84. The number of rotatable bonds is 6. The first-order valence-electron chi connectivity index (χ1n) is 6.81. The Balaban J connectivity index is 3.12. The van der Waals surface area contributed by atoms with Crippen LogP contribution in [0.5, 0.6) is 0 Å². The lowest BCUT2D eigenvalue weighted by Gasteiger charge is -2.26. The molecule has 0 saturated heterocycles. The number of carbonyl (C=O) groups excluding carboxylic acids is 3. The second-order valence-electron chi connectivity index (χ2n) is 5.40. The van der Waals surface area contributed by atoms with Gasteiger partial charge in [0.15, 0.2) is 10.9 Å². The van der Waals surface area contributed by atoms with E-state index in [2.05, 4.69) is 15.9 Å². The Morgan fingerprint density at radius 2 is 1.77 bits per heavy atom. The molecular weight excluding hydrogens is 368 g/mol. The van der Waals surface area contributed by atoms with E-state index < -0.39 is 11.4 Å². The van der Waals surface area contributed by atoms with Crippen molar-refractivity contribution in [3.8, 4) is 0 Å². The number of thioether (sulfide) groups is 1. The number of halogens is 1. The molecule has 0 bridgehead atoms. The molecule has 0 saturated carbocycles. The molecule has 22 heavy (non-hydrogen) atoms. The van der Waals surface area contributed by atoms with Crippen LogP contribution in [0, 0.1) is 5.41 Å². The predicted octanol–water partition coefficient (Wildman–Crippen LogP) is 3.87. The molecule has 0 amide bonds. The maximum Gasteiger partial charge on any atom is 0.320 e. The van der Waals surface area contributed by atoms with E-state index >= 15 is 0 Å². The molecule has 1 aromatic rings. The molecule has 1 aromatic carbocycles. The van der Waals surface area contributed by atoms with Gasteiger partial charge in [0.2, 0.25) is 0 Å². The minimum Gasteiger partial charge on any atom is -0.462 e. The van der Waals surface area contributed by atoms with Crippen molar-refractivity contribution in [2.75, 3.05) is 5.75 Å². The Hall–Kier alpha value is -1.14. The summed E-state index contributed by atoms with van der Waals surface area (Å²) in [6.07, 6.45) is -0.327. The zero-order valence-electron chi connectivity index (χ0n) is 13.0. The molecule has 0 aliphatic rings. The van der Waals surface area contributed by atoms with Gasteiger partial charge in [0.25, 0.3) is 0 Å². The van der Waals surface area contributed by atoms with Crippen LogP contribution in [0.4, 0.5) is 0 Å². The van der Waals surface area contributed by atoms with Crippen LogP contribution in [0.3, 0.4) is 0 Å². The highest BCUT2D eigenvalue weighted by molar-refractivity contribution is 9.10. The molecule has 0 radical (unpaired) electrons. The molecule has 6 heteroatoms. The van der Waals surface area contributed by atoms with E-state index in [1.807, 2.05) is 0 Å². The summed E-state index contributed by atoms with van der Waals surface area (Å²) in [6.45, 7) is 6.38. The zero-order chi connectivity index (χ0) is 16.9. The number of Topliss-reactive ketones (excluding diaryl/α,β-unsaturated/α-hetero) is 1. The summed E-state index contributed by atoms with van der Waals surface area (Å²) in [7, 11) is 0. The normalized spacial score (nSPS) is 13.5. The Bertz CT molecular complexity index is 568. The minimum absolute atomic E-state index is 0.0583. The van der Waals surface area contributed by atoms with Gasteiger partial charge in [0.05, 0.1) is 6.10 Å². The van der Waals surface area contributed by atoms with Gasteiger partial charge in [-0.2, -0.15) is 0 Å². The summed E-state index contributed by atoms with van der Waals surface area (Å²) in [4.78, 5) is 36.4. The van der Waals surface area contributed by atoms with Gasteiger partial charge in [-0.05, 0) is 32.9 Å². The number of carbonyl (C=O) groups is 3. The molecule has 4 nitrogen and oxygen atoms in total. The standard InChI is InChI=1S/C16H19BrO4S/c1-10(2)21-15(20)16(4,9-22-11(3)18)14(19)12-5-7-13(17)8-6-12/h5-8,10H,9H2,1-4H3. The fraction of sp³-hybridized carbons (Fsp3) is 0.438. The lowest BCUT2D eigenvalue weighted by molar-refractivity contribution is -0.154. The fourth-order valence-corrected chi connectivity index (χ4v) is 2.73. The van der Waals surface area contributed by atoms with Crippen molar-refractivity contribution in [3.05, 3.63) is 34.3 Å². The third kappa shape index (κ3) is 4.95. The molecule has 1 unspecified atom stereocenters. The largest absolute Gasteiger partial charge is 0.462 e. The summed E-state index contributed by atoms with van der Waals surface area (Å²) in [6, 6.07) is 6.76. The second-order valence-corrected chi connectivity index (χ2v) is 7.47. The summed E-state index contributed by atoms with van der Waals surface area (Å²) < 4.78 is 6.06. The van der Waals surface area contributed by atoms with Gasteiger partial charge in [-0.1, -0.05) is 39.8 Å². The molecule has 1 rings (SSSR count). The molecule has 0 aromatic heterocycles. The molecule has 120 valence electrons. The van der Waals surface area contributed by atoms with Crippen LogP contribution < -0.4 is 0 Å². The smallest absolute Gasteiger partial charge is 0.320 e. The Labute approximate surface area is 143 Å². The van der Waals surface area contributed by atoms with Gasteiger partial charge in [0, 0.05) is 22.7 Å². The van der Waals surface area contributed by atoms with E-state index in [1.54, 1.807) is 38.1 Å². The first-order valence-corrected chi connectivity index (χ1v) is 8.59. The van der Waals surface area contributed by atoms with Crippen molar-refractivity contribution in [2.24, 2.45) is 5.41 Å². The van der Waals surface area contributed by atoms with Crippen LogP contribution in [0.1, 0.15) is 38.1 Å². The first-order chi connectivity index (χ1) is 10.2. The number of benzene rings is 1. The summed E-state index contributed by atoms with van der Waals surface area (Å²) in [5.41, 5.74) is -0.982. The van der Waals surface area contributed by atoms with Crippen molar-refractivity contribution in [1.29, 1.82) is 0 Å². The van der Waals surface area contributed by atoms with E-state index in [9.17, 15) is 14.4 Å². The minimum atomic E-state index is -1.39. The average molecular weight is 387 g/mol. The molecule has 1 atom stereocenters. The monoisotopic (exact) mass is 386 g/mol. The number of ketones is 1. The maximum atomic E-state index is 12.8. The van der Waals surface area contributed by atoms with Crippen LogP contribution in [-0.4, -0.2) is 28.7 Å². The van der Waals surface area contributed by atoms with E-state index in [4.69, 9.17) is 4.74 Å². The highest BCUT2D eigenvalue weighted by Gasteiger charge is 2.43. The van der Waals surface area contributed by atoms with E-state index in [0.29, 0.717) is 5.56 Å². The molecule has 0 aliphatic heterocycles. The number of hydrogen-bond acceptors (Lipinski definition) is 5. The lowest BCUT2D eigenvalue weighted by Crippen LogP contribution is -2.41. The van der Waals surface area contributed by atoms with Crippen LogP contribution in [0.2, 0.25) is 0 Å². The van der Waals surface area contributed by atoms with Crippen molar-refractivity contribution in [2.45, 2.75) is 33.8 Å². The zero-order valence-corrected chi connectivity index (χ0v) is 15.4. The SMILES string of the molecule is CC(=O)SCC(C)(C(=O)OC(C)C)C(=O)c1ccc(Br)cc1. The predicted molar refractivity (Wildman–Crippen MR) is 90.9 cm³/mol. The van der Waals surface area contributed by atoms with Crippen molar-refractivity contribution >= 4 is 44.6 Å². The van der Waals surface area contributed by atoms with Crippen LogP contribution in [0.15, 0.2) is 28.7 Å². The number of ether oxygens (including phenoxy) is 1. The van der Waals surface area contributed by atoms with Crippen molar-refractivity contribution < 1.29 is 19.1 Å². The number of esters is 1. The second kappa shape index (κ2) is 7.92. The quantitative estimate of drug-likeness (QED) is 0.421. The Morgan fingerprint density at radius 1 is 1.23 bits per heavy atom. The van der Waals surface area contributed by atoms with Crippen LogP contribution in [0.25, 0.3) is 0 Å². The average Bonchev–Trinajstić information content (AvgIpc) is 2.44. The Kier molecular flexibility index (Phi) is 6.81. The molecular formula is C16H19BrO4S. The van der Waals surface area contributed by atoms with Crippen molar-refractivity contribution in [1.82, 2.24) is 0 Å². The third-order valence-corrected chi connectivity index (χ3v) is 4.62. The van der Waals surface area contributed by atoms with E-state index in [0.717, 1.165) is 16.2 Å². The first kappa shape index (κ1) is 18.9. The van der Waals surface area contributed by atoms with Gasteiger partial charge in [-0.25, -0.2) is 0 Å². The van der Waals surface area contributed by atoms with Gasteiger partial charge in [0.1, 0.15) is 5.41 Å². The highest BCUT2D eigenvalue weighted by Crippen LogP contribution is 2.30. The fourth-order valence-electron chi connectivity index (χ4n) is 1.73. The summed E-state index contributed by atoms with van der Waals surface area (Å²) in [5.74, 6) is -0.897. The molecule has 0 spiro atoms. The molecule has 0 fully saturated rings.